The molecule has 0 spiro atoms. The van der Waals surface area contributed by atoms with E-state index in [4.69, 9.17) is 0 Å². The number of benzene rings is 1. The van der Waals surface area contributed by atoms with Crippen molar-refractivity contribution >= 4 is 11.8 Å². The molecule has 112 valence electrons. The monoisotopic (exact) mass is 292 g/mol. The van der Waals surface area contributed by atoms with Crippen LogP contribution in [0.3, 0.4) is 0 Å². The Morgan fingerprint density at radius 2 is 2.05 bits per heavy atom. The van der Waals surface area contributed by atoms with Gasteiger partial charge in [-0.25, -0.2) is 0 Å². The Bertz CT molecular complexity index is 380. The fourth-order valence-corrected chi connectivity index (χ4v) is 3.44. The maximum atomic E-state index is 3.75. The van der Waals surface area contributed by atoms with Crippen molar-refractivity contribution in [1.29, 1.82) is 0 Å². The number of nitrogens with one attached hydrogen (secondary N) is 1. The fraction of sp³-hybridized carbons (Fsp3) is 0.647. The van der Waals surface area contributed by atoms with Crippen LogP contribution in [0.1, 0.15) is 31.9 Å². The Morgan fingerprint density at radius 3 is 2.70 bits per heavy atom. The zero-order valence-electron chi connectivity index (χ0n) is 13.0. The molecule has 1 aliphatic rings. The zero-order chi connectivity index (χ0) is 14.4. The van der Waals surface area contributed by atoms with Crippen LogP contribution in [0.4, 0.5) is 0 Å². The number of nitrogens with zero attached hydrogens (tertiary/aromatic N) is 1. The molecule has 20 heavy (non-hydrogen) atoms. The minimum Gasteiger partial charge on any atom is -0.307 e. The van der Waals surface area contributed by atoms with E-state index >= 15 is 0 Å². The van der Waals surface area contributed by atoms with E-state index in [1.807, 2.05) is 11.8 Å². The van der Waals surface area contributed by atoms with Gasteiger partial charge in [-0.2, -0.15) is 11.8 Å². The Morgan fingerprint density at radius 1 is 1.30 bits per heavy atom. The lowest BCUT2D eigenvalue weighted by Gasteiger charge is -2.41. The Balaban J connectivity index is 2.00. The van der Waals surface area contributed by atoms with Crippen LogP contribution in [-0.4, -0.2) is 42.6 Å². The molecule has 2 unspecified atom stereocenters. The molecule has 1 aliphatic heterocycles. The second-order valence-corrected chi connectivity index (χ2v) is 7.13. The topological polar surface area (TPSA) is 15.3 Å². The molecule has 0 saturated carbocycles. The van der Waals surface area contributed by atoms with Crippen molar-refractivity contribution in [3.8, 4) is 0 Å². The summed E-state index contributed by atoms with van der Waals surface area (Å²) in [7, 11) is 0. The number of hydrogen-bond acceptors (Lipinski definition) is 3. The first-order valence-electron chi connectivity index (χ1n) is 7.72. The van der Waals surface area contributed by atoms with Crippen molar-refractivity contribution in [2.24, 2.45) is 5.92 Å². The number of hydrogen-bond donors (Lipinski definition) is 1. The summed E-state index contributed by atoms with van der Waals surface area (Å²) in [6, 6.07) is 12.1. The van der Waals surface area contributed by atoms with Crippen LogP contribution < -0.4 is 5.32 Å². The molecule has 0 aliphatic carbocycles. The molecule has 1 N–H and O–H groups in total. The molecule has 3 heteroatoms. The molecule has 2 nitrogen and oxygen atoms in total. The van der Waals surface area contributed by atoms with E-state index in [1.165, 1.54) is 24.3 Å². The molecule has 1 saturated heterocycles. The molecular weight excluding hydrogens is 264 g/mol. The van der Waals surface area contributed by atoms with Gasteiger partial charge >= 0.3 is 0 Å². The summed E-state index contributed by atoms with van der Waals surface area (Å²) in [5, 5.41) is 3.75. The second kappa shape index (κ2) is 8.06. The Hall–Kier alpha value is -0.510. The summed E-state index contributed by atoms with van der Waals surface area (Å²) in [5.74, 6) is 2.00. The van der Waals surface area contributed by atoms with Crippen LogP contribution in [0.25, 0.3) is 0 Å². The molecule has 1 fully saturated rings. The van der Waals surface area contributed by atoms with Gasteiger partial charge in [0.1, 0.15) is 0 Å². The van der Waals surface area contributed by atoms with Crippen LogP contribution in [0, 0.1) is 5.92 Å². The average molecular weight is 292 g/mol. The summed E-state index contributed by atoms with van der Waals surface area (Å²) in [5.41, 5.74) is 1.42. The lowest BCUT2D eigenvalue weighted by Crippen LogP contribution is -2.53. The van der Waals surface area contributed by atoms with E-state index in [0.717, 1.165) is 19.0 Å². The number of rotatable bonds is 6. The predicted molar refractivity (Wildman–Crippen MR) is 90.4 cm³/mol. The maximum Gasteiger partial charge on any atom is 0.0449 e. The fourth-order valence-electron chi connectivity index (χ4n) is 3.02. The molecule has 1 heterocycles. The lowest BCUT2D eigenvalue weighted by atomic mass is 9.96. The maximum absolute atomic E-state index is 3.75. The predicted octanol–water partition coefficient (Wildman–Crippen LogP) is 3.41. The Kier molecular flexibility index (Phi) is 6.40. The van der Waals surface area contributed by atoms with Crippen molar-refractivity contribution < 1.29 is 0 Å². The normalized spacial score (nSPS) is 24.2. The number of piperazine rings is 1. The van der Waals surface area contributed by atoms with Gasteiger partial charge in [-0.05, 0) is 24.2 Å². The third kappa shape index (κ3) is 4.51. The first-order valence-corrected chi connectivity index (χ1v) is 9.11. The molecule has 1 aromatic rings. The third-order valence-electron chi connectivity index (χ3n) is 4.06. The van der Waals surface area contributed by atoms with Crippen molar-refractivity contribution in [3.05, 3.63) is 35.9 Å². The highest BCUT2D eigenvalue weighted by atomic mass is 32.2. The summed E-state index contributed by atoms with van der Waals surface area (Å²) < 4.78 is 0. The highest BCUT2D eigenvalue weighted by Crippen LogP contribution is 2.23. The largest absolute Gasteiger partial charge is 0.307 e. The quantitative estimate of drug-likeness (QED) is 0.865. The molecule has 2 rings (SSSR count). The van der Waals surface area contributed by atoms with Crippen molar-refractivity contribution in [3.63, 3.8) is 0 Å². The molecule has 0 aromatic heterocycles. The van der Waals surface area contributed by atoms with Crippen molar-refractivity contribution in [2.45, 2.75) is 32.4 Å². The molecular formula is C17H28N2S. The van der Waals surface area contributed by atoms with Gasteiger partial charge in [0.25, 0.3) is 0 Å². The van der Waals surface area contributed by atoms with Crippen LogP contribution >= 0.6 is 11.8 Å². The van der Waals surface area contributed by atoms with Gasteiger partial charge in [0, 0.05) is 37.5 Å². The SMILES string of the molecule is CSCCN1CC(c2ccccc2)NCC1CC(C)C. The third-order valence-corrected chi connectivity index (χ3v) is 4.65. The van der Waals surface area contributed by atoms with Crippen molar-refractivity contribution in [2.75, 3.05) is 31.6 Å². The second-order valence-electron chi connectivity index (χ2n) is 6.14. The summed E-state index contributed by atoms with van der Waals surface area (Å²) in [4.78, 5) is 2.70. The number of thioether (sulfide) groups is 1. The minimum absolute atomic E-state index is 0.487. The van der Waals surface area contributed by atoms with Crippen LogP contribution in [-0.2, 0) is 0 Å². The van der Waals surface area contributed by atoms with E-state index in [-0.39, 0.29) is 0 Å². The summed E-state index contributed by atoms with van der Waals surface area (Å²) in [6.07, 6.45) is 3.50. The van der Waals surface area contributed by atoms with Gasteiger partial charge < -0.3 is 5.32 Å². The molecule has 0 radical (unpaired) electrons. The van der Waals surface area contributed by atoms with E-state index in [1.54, 1.807) is 0 Å². The first-order chi connectivity index (χ1) is 9.70. The van der Waals surface area contributed by atoms with Crippen LogP contribution in [0.5, 0.6) is 0 Å². The summed E-state index contributed by atoms with van der Waals surface area (Å²) >= 11 is 1.95. The Labute approximate surface area is 128 Å². The molecule has 0 amide bonds. The van der Waals surface area contributed by atoms with Gasteiger partial charge in [-0.3, -0.25) is 4.90 Å². The molecule has 1 aromatic carbocycles. The lowest BCUT2D eigenvalue weighted by molar-refractivity contribution is 0.122. The van der Waals surface area contributed by atoms with Gasteiger partial charge in [0.05, 0.1) is 0 Å². The van der Waals surface area contributed by atoms with E-state index < -0.39 is 0 Å². The summed E-state index contributed by atoms with van der Waals surface area (Å²) in [6.45, 7) is 8.13. The van der Waals surface area contributed by atoms with E-state index in [0.29, 0.717) is 12.1 Å². The minimum atomic E-state index is 0.487. The van der Waals surface area contributed by atoms with E-state index in [9.17, 15) is 0 Å². The highest BCUT2D eigenvalue weighted by Gasteiger charge is 2.28. The average Bonchev–Trinajstić information content (AvgIpc) is 2.46. The van der Waals surface area contributed by atoms with E-state index in [2.05, 4.69) is 60.7 Å². The molecule has 2 atom stereocenters. The smallest absolute Gasteiger partial charge is 0.0449 e. The molecule has 0 bridgehead atoms. The van der Waals surface area contributed by atoms with Gasteiger partial charge in [0.2, 0.25) is 0 Å². The van der Waals surface area contributed by atoms with Gasteiger partial charge in [0.15, 0.2) is 0 Å². The van der Waals surface area contributed by atoms with Gasteiger partial charge in [-0.15, -0.1) is 0 Å². The van der Waals surface area contributed by atoms with Crippen LogP contribution in [0.15, 0.2) is 30.3 Å². The highest BCUT2D eigenvalue weighted by molar-refractivity contribution is 7.98. The van der Waals surface area contributed by atoms with Crippen molar-refractivity contribution in [1.82, 2.24) is 10.2 Å². The standard InChI is InChI=1S/C17H28N2S/c1-14(2)11-16-12-18-17(13-19(16)9-10-20-3)15-7-5-4-6-8-15/h4-8,14,16-18H,9-13H2,1-3H3. The van der Waals surface area contributed by atoms with Crippen LogP contribution in [0.2, 0.25) is 0 Å². The van der Waals surface area contributed by atoms with Gasteiger partial charge in [-0.1, -0.05) is 44.2 Å². The zero-order valence-corrected chi connectivity index (χ0v) is 13.8. The first kappa shape index (κ1) is 15.9.